The van der Waals surface area contributed by atoms with Gasteiger partial charge in [-0.25, -0.2) is 0 Å². The van der Waals surface area contributed by atoms with E-state index in [1.165, 1.54) is 0 Å². The summed E-state index contributed by atoms with van der Waals surface area (Å²) in [5, 5.41) is 0. The van der Waals surface area contributed by atoms with Crippen LogP contribution >= 0.6 is 15.9 Å². The van der Waals surface area contributed by atoms with E-state index in [0.717, 1.165) is 4.47 Å². The van der Waals surface area contributed by atoms with E-state index >= 15 is 0 Å². The molecule has 0 aliphatic heterocycles. The molecule has 0 atom stereocenters. The van der Waals surface area contributed by atoms with Gasteiger partial charge in [-0.1, -0.05) is 0 Å². The molecule has 0 spiro atoms. The minimum absolute atomic E-state index is 0.00732. The molecule has 0 aliphatic carbocycles. The molecular formula is C11H17BrN2O2. The first kappa shape index (κ1) is 13.3. The Bertz CT molecular complexity index is 363. The lowest BCUT2D eigenvalue weighted by Crippen LogP contribution is -2.31. The second-order valence-corrected chi connectivity index (χ2v) is 4.49. The summed E-state index contributed by atoms with van der Waals surface area (Å²) in [6, 6.07) is 1.82. The van der Waals surface area contributed by atoms with E-state index in [0.29, 0.717) is 25.5 Å². The summed E-state index contributed by atoms with van der Waals surface area (Å²) < 4.78 is 7.94. The number of rotatable bonds is 5. The molecule has 1 aromatic rings. The topological polar surface area (TPSA) is 34.5 Å². The van der Waals surface area contributed by atoms with Gasteiger partial charge in [-0.05, 0) is 28.9 Å². The van der Waals surface area contributed by atoms with Crippen LogP contribution in [0, 0.1) is 0 Å². The molecule has 1 heterocycles. The van der Waals surface area contributed by atoms with E-state index in [1.807, 2.05) is 30.8 Å². The molecule has 0 aromatic carbocycles. The number of aromatic nitrogens is 1. The molecule has 16 heavy (non-hydrogen) atoms. The Morgan fingerprint density at radius 3 is 2.81 bits per heavy atom. The molecule has 5 heteroatoms. The van der Waals surface area contributed by atoms with Crippen molar-refractivity contribution in [3.05, 3.63) is 22.4 Å². The number of hydrogen-bond donors (Lipinski definition) is 0. The number of aryl methyl sites for hydroxylation is 1. The highest BCUT2D eigenvalue weighted by Crippen LogP contribution is 2.14. The Balaban J connectivity index is 2.60. The quantitative estimate of drug-likeness (QED) is 0.776. The standard InChI is InChI=1S/C11H17BrN2O2/c1-4-16-6-5-13(2)11(15)10-7-9(12)8-14(10)3/h7-8H,4-6H2,1-3H3. The minimum atomic E-state index is 0.00732. The number of nitrogens with zero attached hydrogens (tertiary/aromatic N) is 2. The maximum atomic E-state index is 12.0. The van der Waals surface area contributed by atoms with Crippen LogP contribution in [0.15, 0.2) is 16.7 Å². The number of ether oxygens (including phenoxy) is 1. The summed E-state index contributed by atoms with van der Waals surface area (Å²) in [5.41, 5.74) is 0.672. The molecular weight excluding hydrogens is 272 g/mol. The van der Waals surface area contributed by atoms with Crippen LogP contribution in [0.4, 0.5) is 0 Å². The van der Waals surface area contributed by atoms with Crippen molar-refractivity contribution in [2.75, 3.05) is 26.8 Å². The fourth-order valence-corrected chi connectivity index (χ4v) is 1.90. The maximum absolute atomic E-state index is 12.0. The third kappa shape index (κ3) is 3.35. The van der Waals surface area contributed by atoms with Crippen LogP contribution in [-0.2, 0) is 11.8 Å². The first-order valence-electron chi connectivity index (χ1n) is 5.21. The predicted molar refractivity (Wildman–Crippen MR) is 66.6 cm³/mol. The smallest absolute Gasteiger partial charge is 0.270 e. The lowest BCUT2D eigenvalue weighted by molar-refractivity contribution is 0.0701. The fourth-order valence-electron chi connectivity index (χ4n) is 1.38. The Hall–Kier alpha value is -0.810. The SMILES string of the molecule is CCOCCN(C)C(=O)c1cc(Br)cn1C. The number of likely N-dealkylation sites (N-methyl/N-ethyl adjacent to an activating group) is 1. The van der Waals surface area contributed by atoms with Gasteiger partial charge in [0.25, 0.3) is 5.91 Å². The lowest BCUT2D eigenvalue weighted by Gasteiger charge is -2.17. The summed E-state index contributed by atoms with van der Waals surface area (Å²) >= 11 is 3.35. The first-order valence-corrected chi connectivity index (χ1v) is 6.00. The number of amides is 1. The highest BCUT2D eigenvalue weighted by atomic mass is 79.9. The van der Waals surface area contributed by atoms with Crippen LogP contribution in [-0.4, -0.2) is 42.2 Å². The Kier molecular flexibility index (Phi) is 5.02. The van der Waals surface area contributed by atoms with E-state index in [4.69, 9.17) is 4.74 Å². The van der Waals surface area contributed by atoms with Crippen molar-refractivity contribution >= 4 is 21.8 Å². The van der Waals surface area contributed by atoms with Crippen molar-refractivity contribution in [1.29, 1.82) is 0 Å². The normalized spacial score (nSPS) is 10.5. The van der Waals surface area contributed by atoms with Crippen LogP contribution in [0.2, 0.25) is 0 Å². The molecule has 0 bridgehead atoms. The van der Waals surface area contributed by atoms with Crippen LogP contribution < -0.4 is 0 Å². The zero-order valence-corrected chi connectivity index (χ0v) is 11.5. The number of hydrogen-bond acceptors (Lipinski definition) is 2. The average molecular weight is 289 g/mol. The molecule has 90 valence electrons. The van der Waals surface area contributed by atoms with E-state index in [-0.39, 0.29) is 5.91 Å². The molecule has 0 fully saturated rings. The van der Waals surface area contributed by atoms with Gasteiger partial charge in [-0.15, -0.1) is 0 Å². The zero-order chi connectivity index (χ0) is 12.1. The molecule has 0 N–H and O–H groups in total. The molecule has 1 rings (SSSR count). The minimum Gasteiger partial charge on any atom is -0.380 e. The number of halogens is 1. The van der Waals surface area contributed by atoms with E-state index in [2.05, 4.69) is 15.9 Å². The zero-order valence-electron chi connectivity index (χ0n) is 9.86. The Labute approximate surface area is 104 Å². The van der Waals surface area contributed by atoms with E-state index in [1.54, 1.807) is 11.9 Å². The van der Waals surface area contributed by atoms with Crippen molar-refractivity contribution in [2.45, 2.75) is 6.92 Å². The third-order valence-corrected chi connectivity index (χ3v) is 2.75. The van der Waals surface area contributed by atoms with Gasteiger partial charge in [-0.3, -0.25) is 4.79 Å². The van der Waals surface area contributed by atoms with Gasteiger partial charge >= 0.3 is 0 Å². The number of carbonyl (C=O) groups excluding carboxylic acids is 1. The van der Waals surface area contributed by atoms with Gasteiger partial charge in [0.15, 0.2) is 0 Å². The molecule has 1 amide bonds. The highest BCUT2D eigenvalue weighted by molar-refractivity contribution is 9.10. The molecule has 1 aromatic heterocycles. The molecule has 0 saturated heterocycles. The second-order valence-electron chi connectivity index (χ2n) is 3.58. The fraction of sp³-hybridized carbons (Fsp3) is 0.545. The Morgan fingerprint density at radius 2 is 2.31 bits per heavy atom. The molecule has 0 aliphatic rings. The molecule has 0 radical (unpaired) electrons. The molecule has 0 unspecified atom stereocenters. The summed E-state index contributed by atoms with van der Waals surface area (Å²) in [6.07, 6.45) is 1.86. The van der Waals surface area contributed by atoms with Crippen LogP contribution in [0.1, 0.15) is 17.4 Å². The highest BCUT2D eigenvalue weighted by Gasteiger charge is 2.15. The number of carbonyl (C=O) groups is 1. The summed E-state index contributed by atoms with van der Waals surface area (Å²) in [5.74, 6) is 0.00732. The monoisotopic (exact) mass is 288 g/mol. The van der Waals surface area contributed by atoms with Gasteiger partial charge in [0.2, 0.25) is 0 Å². The van der Waals surface area contributed by atoms with Gasteiger partial charge in [0.05, 0.1) is 6.61 Å². The third-order valence-electron chi connectivity index (χ3n) is 2.31. The average Bonchev–Trinajstić information content (AvgIpc) is 2.57. The maximum Gasteiger partial charge on any atom is 0.270 e. The van der Waals surface area contributed by atoms with Crippen molar-refractivity contribution in [2.24, 2.45) is 7.05 Å². The van der Waals surface area contributed by atoms with Crippen LogP contribution in [0.25, 0.3) is 0 Å². The van der Waals surface area contributed by atoms with E-state index in [9.17, 15) is 4.79 Å². The van der Waals surface area contributed by atoms with Crippen LogP contribution in [0.5, 0.6) is 0 Å². The second kappa shape index (κ2) is 6.06. The lowest BCUT2D eigenvalue weighted by atomic mass is 10.3. The first-order chi connectivity index (χ1) is 7.56. The van der Waals surface area contributed by atoms with Crippen molar-refractivity contribution in [1.82, 2.24) is 9.47 Å². The van der Waals surface area contributed by atoms with Gasteiger partial charge in [-0.2, -0.15) is 0 Å². The van der Waals surface area contributed by atoms with Crippen LogP contribution in [0.3, 0.4) is 0 Å². The summed E-state index contributed by atoms with van der Waals surface area (Å²) in [4.78, 5) is 13.7. The van der Waals surface area contributed by atoms with E-state index < -0.39 is 0 Å². The summed E-state index contributed by atoms with van der Waals surface area (Å²) in [7, 11) is 3.64. The van der Waals surface area contributed by atoms with Gasteiger partial charge in [0, 0.05) is 37.9 Å². The van der Waals surface area contributed by atoms with Gasteiger partial charge < -0.3 is 14.2 Å². The summed E-state index contributed by atoms with van der Waals surface area (Å²) in [6.45, 7) is 3.80. The van der Waals surface area contributed by atoms with Crippen molar-refractivity contribution in [3.8, 4) is 0 Å². The van der Waals surface area contributed by atoms with Crippen molar-refractivity contribution < 1.29 is 9.53 Å². The van der Waals surface area contributed by atoms with Crippen molar-refractivity contribution in [3.63, 3.8) is 0 Å². The molecule has 4 nitrogen and oxygen atoms in total. The van der Waals surface area contributed by atoms with Gasteiger partial charge in [0.1, 0.15) is 5.69 Å². The predicted octanol–water partition coefficient (Wildman–Crippen LogP) is 1.90. The molecule has 0 saturated carbocycles. The largest absolute Gasteiger partial charge is 0.380 e. The Morgan fingerprint density at radius 1 is 1.62 bits per heavy atom.